The Kier molecular flexibility index (Phi) is 3.40. The molecule has 0 unspecified atom stereocenters. The average molecular weight is 240 g/mol. The molecule has 0 aromatic heterocycles. The largest absolute Gasteiger partial charge is 0.235 e. The van der Waals surface area contributed by atoms with Crippen LogP contribution < -0.4 is 0 Å². The molecule has 13 heavy (non-hydrogen) atoms. The van der Waals surface area contributed by atoms with Crippen LogP contribution in [0.5, 0.6) is 0 Å². The van der Waals surface area contributed by atoms with Gasteiger partial charge in [-0.3, -0.25) is 0 Å². The quantitative estimate of drug-likeness (QED) is 0.577. The van der Waals surface area contributed by atoms with E-state index in [1.165, 1.54) is 11.6 Å². The number of rotatable bonds is 2. The SMILES string of the molecule is Cc1cc(C)c(Br)c(CN=C=O)c1. The van der Waals surface area contributed by atoms with Crippen molar-refractivity contribution in [3.8, 4) is 0 Å². The first kappa shape index (κ1) is 10.2. The fraction of sp³-hybridized carbons (Fsp3) is 0.300. The first-order chi connectivity index (χ1) is 6.15. The van der Waals surface area contributed by atoms with Crippen molar-refractivity contribution in [3.05, 3.63) is 33.3 Å². The van der Waals surface area contributed by atoms with Gasteiger partial charge in [0.25, 0.3) is 0 Å². The Hall–Kier alpha value is -0.920. The van der Waals surface area contributed by atoms with Gasteiger partial charge in [0.2, 0.25) is 6.08 Å². The number of nitrogens with zero attached hydrogens (tertiary/aromatic N) is 1. The maximum Gasteiger partial charge on any atom is 0.235 e. The van der Waals surface area contributed by atoms with E-state index in [4.69, 9.17) is 0 Å². The zero-order valence-corrected chi connectivity index (χ0v) is 9.18. The van der Waals surface area contributed by atoms with Gasteiger partial charge < -0.3 is 0 Å². The van der Waals surface area contributed by atoms with Crippen LogP contribution in [0.4, 0.5) is 0 Å². The molecule has 1 rings (SSSR count). The highest BCUT2D eigenvalue weighted by atomic mass is 79.9. The number of benzene rings is 1. The van der Waals surface area contributed by atoms with Crippen molar-refractivity contribution in [2.24, 2.45) is 4.99 Å². The van der Waals surface area contributed by atoms with Gasteiger partial charge in [-0.25, -0.2) is 9.79 Å². The van der Waals surface area contributed by atoms with Gasteiger partial charge in [0, 0.05) is 4.47 Å². The summed E-state index contributed by atoms with van der Waals surface area (Å²) >= 11 is 3.45. The van der Waals surface area contributed by atoms with E-state index in [9.17, 15) is 4.79 Å². The fourth-order valence-corrected chi connectivity index (χ4v) is 1.62. The van der Waals surface area contributed by atoms with Crippen LogP contribution in [0.25, 0.3) is 0 Å². The van der Waals surface area contributed by atoms with E-state index in [-0.39, 0.29) is 0 Å². The second-order valence-corrected chi connectivity index (χ2v) is 3.76. The highest BCUT2D eigenvalue weighted by Gasteiger charge is 2.02. The van der Waals surface area contributed by atoms with Crippen LogP contribution in [-0.2, 0) is 11.3 Å². The third-order valence-electron chi connectivity index (χ3n) is 1.79. The van der Waals surface area contributed by atoms with Crippen molar-refractivity contribution in [3.63, 3.8) is 0 Å². The van der Waals surface area contributed by atoms with Crippen molar-refractivity contribution in [2.75, 3.05) is 0 Å². The highest BCUT2D eigenvalue weighted by molar-refractivity contribution is 9.10. The maximum absolute atomic E-state index is 9.95. The average Bonchev–Trinajstić information content (AvgIpc) is 2.09. The first-order valence-corrected chi connectivity index (χ1v) is 4.73. The molecule has 0 amide bonds. The Bertz CT molecular complexity index is 367. The highest BCUT2D eigenvalue weighted by Crippen LogP contribution is 2.23. The van der Waals surface area contributed by atoms with E-state index < -0.39 is 0 Å². The number of halogens is 1. The van der Waals surface area contributed by atoms with E-state index >= 15 is 0 Å². The summed E-state index contributed by atoms with van der Waals surface area (Å²) in [6.45, 7) is 4.44. The molecular weight excluding hydrogens is 230 g/mol. The van der Waals surface area contributed by atoms with Crippen molar-refractivity contribution < 1.29 is 4.79 Å². The minimum Gasteiger partial charge on any atom is -0.211 e. The van der Waals surface area contributed by atoms with E-state index in [1.807, 2.05) is 19.9 Å². The van der Waals surface area contributed by atoms with E-state index in [2.05, 4.69) is 27.0 Å². The monoisotopic (exact) mass is 239 g/mol. The van der Waals surface area contributed by atoms with Crippen molar-refractivity contribution in [2.45, 2.75) is 20.4 Å². The van der Waals surface area contributed by atoms with Crippen molar-refractivity contribution in [1.29, 1.82) is 0 Å². The molecule has 0 aliphatic rings. The Morgan fingerprint density at radius 2 is 2.15 bits per heavy atom. The Labute approximate surface area is 85.8 Å². The van der Waals surface area contributed by atoms with E-state index in [1.54, 1.807) is 0 Å². The van der Waals surface area contributed by atoms with Gasteiger partial charge in [-0.2, -0.15) is 0 Å². The molecule has 0 saturated heterocycles. The molecule has 0 bridgehead atoms. The predicted octanol–water partition coefficient (Wildman–Crippen LogP) is 2.90. The lowest BCUT2D eigenvalue weighted by Gasteiger charge is -2.05. The molecule has 1 aromatic rings. The fourth-order valence-electron chi connectivity index (χ4n) is 1.27. The number of aryl methyl sites for hydroxylation is 2. The van der Waals surface area contributed by atoms with Crippen LogP contribution in [0, 0.1) is 13.8 Å². The third kappa shape index (κ3) is 2.51. The van der Waals surface area contributed by atoms with Gasteiger partial charge in [-0.1, -0.05) is 33.6 Å². The normalized spacial score (nSPS) is 9.46. The topological polar surface area (TPSA) is 29.4 Å². The number of aliphatic imine (C=N–C) groups is 1. The second-order valence-electron chi connectivity index (χ2n) is 2.96. The zero-order chi connectivity index (χ0) is 9.84. The first-order valence-electron chi connectivity index (χ1n) is 3.94. The molecule has 0 atom stereocenters. The lowest BCUT2D eigenvalue weighted by molar-refractivity contribution is 0.562. The molecule has 0 N–H and O–H groups in total. The summed E-state index contributed by atoms with van der Waals surface area (Å²) in [6.07, 6.45) is 1.54. The Morgan fingerprint density at radius 3 is 2.77 bits per heavy atom. The molecule has 0 radical (unpaired) electrons. The van der Waals surface area contributed by atoms with Gasteiger partial charge in [-0.05, 0) is 25.0 Å². The Morgan fingerprint density at radius 1 is 1.46 bits per heavy atom. The summed E-state index contributed by atoms with van der Waals surface area (Å²) in [4.78, 5) is 13.5. The van der Waals surface area contributed by atoms with Crippen LogP contribution in [0.2, 0.25) is 0 Å². The van der Waals surface area contributed by atoms with Gasteiger partial charge in [0.15, 0.2) is 0 Å². The lowest BCUT2D eigenvalue weighted by Crippen LogP contribution is -1.89. The molecule has 3 heteroatoms. The number of hydrogen-bond acceptors (Lipinski definition) is 2. The summed E-state index contributed by atoms with van der Waals surface area (Å²) in [6, 6.07) is 4.09. The van der Waals surface area contributed by atoms with Crippen LogP contribution in [-0.4, -0.2) is 6.08 Å². The molecule has 1 aromatic carbocycles. The summed E-state index contributed by atoms with van der Waals surface area (Å²) < 4.78 is 1.03. The number of isocyanates is 1. The van der Waals surface area contributed by atoms with Crippen LogP contribution in [0.3, 0.4) is 0 Å². The van der Waals surface area contributed by atoms with Gasteiger partial charge in [0.1, 0.15) is 0 Å². The van der Waals surface area contributed by atoms with E-state index in [0.717, 1.165) is 15.6 Å². The molecule has 0 spiro atoms. The predicted molar refractivity (Wildman–Crippen MR) is 55.4 cm³/mol. The smallest absolute Gasteiger partial charge is 0.211 e. The summed E-state index contributed by atoms with van der Waals surface area (Å²) in [7, 11) is 0. The molecule has 68 valence electrons. The maximum atomic E-state index is 9.95. The lowest BCUT2D eigenvalue weighted by atomic mass is 10.1. The standard InChI is InChI=1S/C10H10BrNO/c1-7-3-8(2)10(11)9(4-7)5-12-6-13/h3-4H,5H2,1-2H3. The summed E-state index contributed by atoms with van der Waals surface area (Å²) in [5.74, 6) is 0. The van der Waals surface area contributed by atoms with Gasteiger partial charge >= 0.3 is 0 Å². The molecule has 0 aliphatic heterocycles. The number of hydrogen-bond donors (Lipinski definition) is 0. The molecular formula is C10H10BrNO. The Balaban J connectivity index is 3.12. The van der Waals surface area contributed by atoms with Crippen molar-refractivity contribution in [1.82, 2.24) is 0 Å². The summed E-state index contributed by atoms with van der Waals surface area (Å²) in [5.41, 5.74) is 3.37. The van der Waals surface area contributed by atoms with E-state index in [0.29, 0.717) is 6.54 Å². The third-order valence-corrected chi connectivity index (χ3v) is 2.92. The van der Waals surface area contributed by atoms with Crippen LogP contribution in [0.1, 0.15) is 16.7 Å². The van der Waals surface area contributed by atoms with Gasteiger partial charge in [0.05, 0.1) is 6.54 Å². The molecule has 0 aliphatic carbocycles. The van der Waals surface area contributed by atoms with Crippen molar-refractivity contribution >= 4 is 22.0 Å². The zero-order valence-electron chi connectivity index (χ0n) is 7.60. The molecule has 0 fully saturated rings. The molecule has 0 heterocycles. The number of carbonyl (C=O) groups excluding carboxylic acids is 1. The van der Waals surface area contributed by atoms with Crippen LogP contribution in [0.15, 0.2) is 21.6 Å². The second kappa shape index (κ2) is 4.35. The van der Waals surface area contributed by atoms with Crippen LogP contribution >= 0.6 is 15.9 Å². The van der Waals surface area contributed by atoms with Gasteiger partial charge in [-0.15, -0.1) is 0 Å². The molecule has 0 saturated carbocycles. The molecule has 2 nitrogen and oxygen atoms in total. The minimum absolute atomic E-state index is 0.395. The summed E-state index contributed by atoms with van der Waals surface area (Å²) in [5, 5.41) is 0. The minimum atomic E-state index is 0.395.